The van der Waals surface area contributed by atoms with E-state index in [0.717, 1.165) is 25.1 Å². The van der Waals surface area contributed by atoms with Crippen molar-refractivity contribution in [3.05, 3.63) is 52.8 Å². The van der Waals surface area contributed by atoms with Gasteiger partial charge >= 0.3 is 0 Å². The summed E-state index contributed by atoms with van der Waals surface area (Å²) in [4.78, 5) is 0. The highest BCUT2D eigenvalue weighted by Gasteiger charge is 2.26. The first kappa shape index (κ1) is 12.9. The number of aryl methyl sites for hydroxylation is 1. The van der Waals surface area contributed by atoms with Crippen molar-refractivity contribution in [2.24, 2.45) is 0 Å². The van der Waals surface area contributed by atoms with E-state index in [1.54, 1.807) is 0 Å². The van der Waals surface area contributed by atoms with Crippen molar-refractivity contribution < 1.29 is 0 Å². The predicted molar refractivity (Wildman–Crippen MR) is 78.4 cm³/mol. The smallest absolute Gasteiger partial charge is 0.0662 e. The fourth-order valence-electron chi connectivity index (χ4n) is 3.30. The summed E-state index contributed by atoms with van der Waals surface area (Å²) in [5.74, 6) is 0.383. The third-order valence-electron chi connectivity index (χ3n) is 4.17. The largest absolute Gasteiger partial charge is 0.265 e. The Morgan fingerprint density at radius 1 is 1.35 bits per heavy atom. The van der Waals surface area contributed by atoms with Crippen LogP contribution in [0.4, 0.5) is 0 Å². The Hall–Kier alpha value is -2.08. The standard InChI is InChI=1S/C17H19N3/c1-13-17-15(10-11-18)8-5-9-16(17)20(19-13)12-14-6-3-2-4-7-14/h2-4,6-7,15H,5,8-10,12H2,1H3. The summed E-state index contributed by atoms with van der Waals surface area (Å²) in [5, 5.41) is 13.7. The molecule has 0 spiro atoms. The second kappa shape index (κ2) is 5.50. The van der Waals surface area contributed by atoms with Crippen LogP contribution in [0, 0.1) is 18.3 Å². The molecule has 3 heteroatoms. The van der Waals surface area contributed by atoms with Crippen molar-refractivity contribution in [2.45, 2.75) is 45.1 Å². The van der Waals surface area contributed by atoms with Gasteiger partial charge in [0, 0.05) is 23.6 Å². The molecule has 1 aliphatic carbocycles. The Labute approximate surface area is 119 Å². The zero-order valence-electron chi connectivity index (χ0n) is 11.8. The lowest BCUT2D eigenvalue weighted by molar-refractivity contribution is 0.531. The van der Waals surface area contributed by atoms with Gasteiger partial charge in [-0.1, -0.05) is 30.3 Å². The molecule has 1 atom stereocenters. The van der Waals surface area contributed by atoms with Crippen molar-refractivity contribution in [3.8, 4) is 6.07 Å². The average molecular weight is 265 g/mol. The van der Waals surface area contributed by atoms with Crippen LogP contribution >= 0.6 is 0 Å². The fourth-order valence-corrected chi connectivity index (χ4v) is 3.30. The molecule has 1 aromatic carbocycles. The normalized spacial score (nSPS) is 17.5. The van der Waals surface area contributed by atoms with Gasteiger partial charge < -0.3 is 0 Å². The van der Waals surface area contributed by atoms with Gasteiger partial charge in [0.1, 0.15) is 0 Å². The number of rotatable bonds is 3. The monoisotopic (exact) mass is 265 g/mol. The molecule has 0 radical (unpaired) electrons. The van der Waals surface area contributed by atoms with Crippen LogP contribution in [-0.2, 0) is 13.0 Å². The molecule has 1 aliphatic rings. The van der Waals surface area contributed by atoms with E-state index in [-0.39, 0.29) is 0 Å². The van der Waals surface area contributed by atoms with E-state index in [9.17, 15) is 0 Å². The molecule has 2 aromatic rings. The van der Waals surface area contributed by atoms with Crippen LogP contribution in [0.1, 0.15) is 47.7 Å². The number of benzene rings is 1. The summed E-state index contributed by atoms with van der Waals surface area (Å²) in [6.45, 7) is 2.91. The number of fused-ring (bicyclic) bond motifs is 1. The number of nitriles is 1. The van der Waals surface area contributed by atoms with Crippen LogP contribution in [0.15, 0.2) is 30.3 Å². The highest BCUT2D eigenvalue weighted by molar-refractivity contribution is 5.33. The molecule has 0 bridgehead atoms. The predicted octanol–water partition coefficient (Wildman–Crippen LogP) is 3.57. The lowest BCUT2D eigenvalue weighted by Crippen LogP contribution is -2.13. The van der Waals surface area contributed by atoms with Crippen LogP contribution < -0.4 is 0 Å². The molecule has 1 unspecified atom stereocenters. The van der Waals surface area contributed by atoms with Crippen molar-refractivity contribution in [1.82, 2.24) is 9.78 Å². The van der Waals surface area contributed by atoms with E-state index in [4.69, 9.17) is 10.4 Å². The molecule has 0 saturated heterocycles. The average Bonchev–Trinajstić information content (AvgIpc) is 2.78. The Balaban J connectivity index is 1.94. The van der Waals surface area contributed by atoms with Gasteiger partial charge in [-0.15, -0.1) is 0 Å². The Kier molecular flexibility index (Phi) is 3.56. The van der Waals surface area contributed by atoms with E-state index < -0.39 is 0 Å². The summed E-state index contributed by atoms with van der Waals surface area (Å²) in [6.07, 6.45) is 3.99. The fraction of sp³-hybridized carbons (Fsp3) is 0.412. The third kappa shape index (κ3) is 2.34. The van der Waals surface area contributed by atoms with Gasteiger partial charge in [-0.3, -0.25) is 4.68 Å². The maximum absolute atomic E-state index is 9.00. The molecule has 0 saturated carbocycles. The van der Waals surface area contributed by atoms with Gasteiger partial charge in [0.15, 0.2) is 0 Å². The molecule has 20 heavy (non-hydrogen) atoms. The van der Waals surface area contributed by atoms with Crippen molar-refractivity contribution in [1.29, 1.82) is 5.26 Å². The minimum atomic E-state index is 0.383. The third-order valence-corrected chi connectivity index (χ3v) is 4.17. The molecule has 0 aliphatic heterocycles. The molecule has 0 amide bonds. The van der Waals surface area contributed by atoms with E-state index in [2.05, 4.69) is 41.9 Å². The first-order chi connectivity index (χ1) is 9.79. The Morgan fingerprint density at radius 3 is 2.90 bits per heavy atom. The van der Waals surface area contributed by atoms with Gasteiger partial charge in [0.2, 0.25) is 0 Å². The summed E-state index contributed by atoms with van der Waals surface area (Å²) in [7, 11) is 0. The first-order valence-corrected chi connectivity index (χ1v) is 7.26. The lowest BCUT2D eigenvalue weighted by atomic mass is 9.83. The first-order valence-electron chi connectivity index (χ1n) is 7.26. The van der Waals surface area contributed by atoms with E-state index in [1.165, 1.54) is 23.2 Å². The molecule has 102 valence electrons. The lowest BCUT2D eigenvalue weighted by Gasteiger charge is -2.21. The molecular formula is C17H19N3. The Morgan fingerprint density at radius 2 is 2.15 bits per heavy atom. The summed E-state index contributed by atoms with van der Waals surface area (Å²) < 4.78 is 2.14. The Bertz CT molecular complexity index is 634. The highest BCUT2D eigenvalue weighted by atomic mass is 15.3. The second-order valence-corrected chi connectivity index (χ2v) is 5.54. The van der Waals surface area contributed by atoms with Gasteiger partial charge in [0.05, 0.1) is 18.3 Å². The summed E-state index contributed by atoms with van der Waals surface area (Å²) >= 11 is 0. The summed E-state index contributed by atoms with van der Waals surface area (Å²) in [5.41, 5.74) is 5.07. The van der Waals surface area contributed by atoms with Crippen LogP contribution in [0.25, 0.3) is 0 Å². The van der Waals surface area contributed by atoms with Crippen LogP contribution in [-0.4, -0.2) is 9.78 Å². The molecule has 1 aromatic heterocycles. The molecule has 0 N–H and O–H groups in total. The number of hydrogen-bond acceptors (Lipinski definition) is 2. The molecule has 1 heterocycles. The minimum Gasteiger partial charge on any atom is -0.265 e. The number of hydrogen-bond donors (Lipinski definition) is 0. The van der Waals surface area contributed by atoms with Gasteiger partial charge in [-0.2, -0.15) is 10.4 Å². The van der Waals surface area contributed by atoms with Crippen molar-refractivity contribution in [3.63, 3.8) is 0 Å². The SMILES string of the molecule is Cc1nn(Cc2ccccc2)c2c1C(CC#N)CCC2. The number of aromatic nitrogens is 2. The zero-order valence-corrected chi connectivity index (χ0v) is 11.8. The molecule has 3 nitrogen and oxygen atoms in total. The van der Waals surface area contributed by atoms with Crippen LogP contribution in [0.2, 0.25) is 0 Å². The molecule has 0 fully saturated rings. The highest BCUT2D eigenvalue weighted by Crippen LogP contribution is 2.36. The quantitative estimate of drug-likeness (QED) is 0.851. The van der Waals surface area contributed by atoms with Crippen LogP contribution in [0.5, 0.6) is 0 Å². The number of nitrogens with zero attached hydrogens (tertiary/aromatic N) is 3. The van der Waals surface area contributed by atoms with Gasteiger partial charge in [-0.25, -0.2) is 0 Å². The molecule has 3 rings (SSSR count). The molecular weight excluding hydrogens is 246 g/mol. The van der Waals surface area contributed by atoms with Crippen LogP contribution in [0.3, 0.4) is 0 Å². The minimum absolute atomic E-state index is 0.383. The van der Waals surface area contributed by atoms with Crippen molar-refractivity contribution >= 4 is 0 Å². The van der Waals surface area contributed by atoms with Gasteiger partial charge in [0.25, 0.3) is 0 Å². The van der Waals surface area contributed by atoms with Gasteiger partial charge in [-0.05, 0) is 31.7 Å². The zero-order chi connectivity index (χ0) is 13.9. The summed E-state index contributed by atoms with van der Waals surface area (Å²) in [6, 6.07) is 12.8. The van der Waals surface area contributed by atoms with E-state index >= 15 is 0 Å². The van der Waals surface area contributed by atoms with E-state index in [0.29, 0.717) is 12.3 Å². The maximum atomic E-state index is 9.00. The maximum Gasteiger partial charge on any atom is 0.0662 e. The van der Waals surface area contributed by atoms with E-state index in [1.807, 2.05) is 6.07 Å². The second-order valence-electron chi connectivity index (χ2n) is 5.54. The topological polar surface area (TPSA) is 41.6 Å². The van der Waals surface area contributed by atoms with Crippen molar-refractivity contribution in [2.75, 3.05) is 0 Å².